The second kappa shape index (κ2) is 5.63. The fourth-order valence-corrected chi connectivity index (χ4v) is 1.52. The first-order valence-corrected chi connectivity index (χ1v) is 4.82. The summed E-state index contributed by atoms with van der Waals surface area (Å²) in [6.07, 6.45) is 1.94. The van der Waals surface area contributed by atoms with Gasteiger partial charge in [0.1, 0.15) is 6.61 Å². The van der Waals surface area contributed by atoms with Crippen LogP contribution < -0.4 is 0 Å². The molecule has 1 N–H and O–H groups in total. The van der Waals surface area contributed by atoms with Crippen LogP contribution in [0.4, 0.5) is 4.79 Å². The van der Waals surface area contributed by atoms with Gasteiger partial charge in [0.15, 0.2) is 0 Å². The summed E-state index contributed by atoms with van der Waals surface area (Å²) in [5.74, 6) is 0. The van der Waals surface area contributed by atoms with Crippen LogP contribution in [0.2, 0.25) is 10.0 Å². The first-order chi connectivity index (χ1) is 7.08. The van der Waals surface area contributed by atoms with Gasteiger partial charge in [-0.15, -0.1) is 0 Å². The number of hydrogen-bond acceptors (Lipinski definition) is 2. The van der Waals surface area contributed by atoms with Gasteiger partial charge in [-0.25, -0.2) is 4.79 Å². The summed E-state index contributed by atoms with van der Waals surface area (Å²) < 4.78 is 4.29. The van der Waals surface area contributed by atoms with E-state index < -0.39 is 6.16 Å². The third kappa shape index (κ3) is 4.72. The maximum atomic E-state index is 10.0. The molecule has 0 aliphatic heterocycles. The Morgan fingerprint density at radius 1 is 1.33 bits per heavy atom. The highest BCUT2D eigenvalue weighted by Crippen LogP contribution is 2.19. The van der Waals surface area contributed by atoms with Gasteiger partial charge in [0, 0.05) is 10.0 Å². The molecule has 0 aromatic heterocycles. The normalized spacial score (nSPS) is 10.5. The molecule has 3 nitrogen and oxygen atoms in total. The zero-order valence-corrected chi connectivity index (χ0v) is 9.13. The van der Waals surface area contributed by atoms with E-state index in [2.05, 4.69) is 4.74 Å². The summed E-state index contributed by atoms with van der Waals surface area (Å²) in [5, 5.41) is 9.26. The third-order valence-electron chi connectivity index (χ3n) is 1.50. The second-order valence-electron chi connectivity index (χ2n) is 2.68. The summed E-state index contributed by atoms with van der Waals surface area (Å²) in [6, 6.07) is 5.05. The van der Waals surface area contributed by atoms with E-state index >= 15 is 0 Å². The topological polar surface area (TPSA) is 46.5 Å². The summed E-state index contributed by atoms with van der Waals surface area (Å²) >= 11 is 11.5. The first-order valence-electron chi connectivity index (χ1n) is 4.06. The van der Waals surface area contributed by atoms with Crippen LogP contribution in [0.5, 0.6) is 0 Å². The number of carbonyl (C=O) groups is 1. The van der Waals surface area contributed by atoms with Crippen molar-refractivity contribution in [2.75, 3.05) is 6.61 Å². The van der Waals surface area contributed by atoms with Crippen molar-refractivity contribution in [1.82, 2.24) is 0 Å². The van der Waals surface area contributed by atoms with Crippen LogP contribution in [0, 0.1) is 0 Å². The molecule has 0 radical (unpaired) electrons. The Morgan fingerprint density at radius 3 is 2.47 bits per heavy atom. The number of carboxylic acid groups (broad SMARTS) is 1. The molecule has 0 bridgehead atoms. The average Bonchev–Trinajstić information content (AvgIpc) is 2.10. The molecule has 0 spiro atoms. The van der Waals surface area contributed by atoms with Crippen LogP contribution >= 0.6 is 23.2 Å². The smallest absolute Gasteiger partial charge is 0.450 e. The predicted octanol–water partition coefficient (Wildman–Crippen LogP) is 3.70. The van der Waals surface area contributed by atoms with E-state index in [9.17, 15) is 4.79 Å². The number of rotatable bonds is 3. The van der Waals surface area contributed by atoms with E-state index in [0.717, 1.165) is 5.56 Å². The van der Waals surface area contributed by atoms with Crippen molar-refractivity contribution in [3.63, 3.8) is 0 Å². The second-order valence-corrected chi connectivity index (χ2v) is 3.55. The van der Waals surface area contributed by atoms with E-state index in [0.29, 0.717) is 10.0 Å². The fraction of sp³-hybridized carbons (Fsp3) is 0.100. The highest BCUT2D eigenvalue weighted by atomic mass is 35.5. The van der Waals surface area contributed by atoms with Crippen LogP contribution in [-0.4, -0.2) is 17.9 Å². The van der Waals surface area contributed by atoms with Crippen molar-refractivity contribution < 1.29 is 14.6 Å². The minimum absolute atomic E-state index is 0.000530. The van der Waals surface area contributed by atoms with Crippen LogP contribution in [0.3, 0.4) is 0 Å². The van der Waals surface area contributed by atoms with Crippen molar-refractivity contribution >= 4 is 35.4 Å². The summed E-state index contributed by atoms with van der Waals surface area (Å²) in [4.78, 5) is 10.0. The maximum absolute atomic E-state index is 10.0. The van der Waals surface area contributed by atoms with E-state index in [1.807, 2.05) is 0 Å². The van der Waals surface area contributed by atoms with Crippen molar-refractivity contribution in [3.8, 4) is 0 Å². The van der Waals surface area contributed by atoms with Gasteiger partial charge in [-0.2, -0.15) is 0 Å². The molecule has 0 saturated heterocycles. The third-order valence-corrected chi connectivity index (χ3v) is 1.93. The van der Waals surface area contributed by atoms with Gasteiger partial charge in [-0.1, -0.05) is 29.3 Å². The summed E-state index contributed by atoms with van der Waals surface area (Å²) in [6.45, 7) is -0.000530. The zero-order valence-electron chi connectivity index (χ0n) is 7.61. The Kier molecular flexibility index (Phi) is 4.46. The summed E-state index contributed by atoms with van der Waals surface area (Å²) in [5.41, 5.74) is 0.793. The van der Waals surface area contributed by atoms with Gasteiger partial charge >= 0.3 is 6.16 Å². The molecule has 0 aliphatic carbocycles. The van der Waals surface area contributed by atoms with Gasteiger partial charge in [0.25, 0.3) is 0 Å². The highest BCUT2D eigenvalue weighted by Gasteiger charge is 1.95. The fourth-order valence-electron chi connectivity index (χ4n) is 0.975. The molecule has 0 aliphatic rings. The lowest BCUT2D eigenvalue weighted by molar-refractivity contribution is 0.102. The summed E-state index contributed by atoms with van der Waals surface area (Å²) in [7, 11) is 0. The minimum atomic E-state index is -1.30. The lowest BCUT2D eigenvalue weighted by atomic mass is 10.2. The Morgan fingerprint density at radius 2 is 1.93 bits per heavy atom. The van der Waals surface area contributed by atoms with E-state index in [-0.39, 0.29) is 6.61 Å². The number of hydrogen-bond donors (Lipinski definition) is 1. The molecule has 0 unspecified atom stereocenters. The standard InChI is InChI=1S/C10H8Cl2O3/c11-8-4-7(5-9(12)6-8)2-1-3-15-10(13)14/h1-2,4-6H,3H2,(H,13,14). The van der Waals surface area contributed by atoms with Crippen molar-refractivity contribution in [3.05, 3.63) is 39.9 Å². The predicted molar refractivity (Wildman–Crippen MR) is 59.5 cm³/mol. The Labute approximate surface area is 96.9 Å². The number of ether oxygens (including phenoxy) is 1. The Balaban J connectivity index is 2.60. The number of halogens is 2. The van der Waals surface area contributed by atoms with E-state index in [1.165, 1.54) is 0 Å². The monoisotopic (exact) mass is 246 g/mol. The van der Waals surface area contributed by atoms with Gasteiger partial charge < -0.3 is 9.84 Å². The van der Waals surface area contributed by atoms with Crippen molar-refractivity contribution in [1.29, 1.82) is 0 Å². The molecule has 1 aromatic rings. The van der Waals surface area contributed by atoms with Crippen molar-refractivity contribution in [2.45, 2.75) is 0 Å². The van der Waals surface area contributed by atoms with Crippen LogP contribution in [0.1, 0.15) is 5.56 Å². The Hall–Kier alpha value is -1.19. The molecule has 0 atom stereocenters. The minimum Gasteiger partial charge on any atom is -0.450 e. The zero-order chi connectivity index (χ0) is 11.3. The maximum Gasteiger partial charge on any atom is 0.506 e. The molecule has 5 heteroatoms. The first kappa shape index (κ1) is 11.9. The van der Waals surface area contributed by atoms with Gasteiger partial charge in [-0.05, 0) is 29.8 Å². The molecule has 1 rings (SSSR count). The highest BCUT2D eigenvalue weighted by molar-refractivity contribution is 6.34. The molecule has 0 heterocycles. The quantitative estimate of drug-likeness (QED) is 0.828. The Bertz CT molecular complexity index is 368. The molecule has 0 saturated carbocycles. The molecular formula is C10H8Cl2O3. The lowest BCUT2D eigenvalue weighted by Gasteiger charge is -1.97. The average molecular weight is 247 g/mol. The number of benzene rings is 1. The van der Waals surface area contributed by atoms with Crippen LogP contribution in [-0.2, 0) is 4.74 Å². The van der Waals surface area contributed by atoms with Gasteiger partial charge in [0.05, 0.1) is 0 Å². The molecule has 0 fully saturated rings. The molecular weight excluding hydrogens is 239 g/mol. The van der Waals surface area contributed by atoms with Crippen molar-refractivity contribution in [2.24, 2.45) is 0 Å². The molecule has 1 aromatic carbocycles. The molecule has 15 heavy (non-hydrogen) atoms. The largest absolute Gasteiger partial charge is 0.506 e. The van der Waals surface area contributed by atoms with E-state index in [1.54, 1.807) is 30.4 Å². The molecule has 0 amide bonds. The van der Waals surface area contributed by atoms with Gasteiger partial charge in [0.2, 0.25) is 0 Å². The van der Waals surface area contributed by atoms with Gasteiger partial charge in [-0.3, -0.25) is 0 Å². The van der Waals surface area contributed by atoms with E-state index in [4.69, 9.17) is 28.3 Å². The van der Waals surface area contributed by atoms with Crippen LogP contribution in [0.15, 0.2) is 24.3 Å². The molecule has 80 valence electrons. The SMILES string of the molecule is O=C(O)OCC=Cc1cc(Cl)cc(Cl)c1. The van der Waals surface area contributed by atoms with Crippen LogP contribution in [0.25, 0.3) is 6.08 Å². The lowest BCUT2D eigenvalue weighted by Crippen LogP contribution is -1.98.